The van der Waals surface area contributed by atoms with Gasteiger partial charge in [-0.05, 0) is 0 Å². The summed E-state index contributed by atoms with van der Waals surface area (Å²) >= 11 is 0. The Morgan fingerprint density at radius 3 is 2.29 bits per heavy atom. The Bertz CT molecular complexity index is 480. The van der Waals surface area contributed by atoms with E-state index in [1.165, 1.54) is 7.11 Å². The number of benzene rings is 2. The van der Waals surface area contributed by atoms with Crippen LogP contribution in [0, 0.1) is 11.6 Å². The molecule has 0 N–H and O–H groups in total. The zero-order valence-electron chi connectivity index (χ0n) is 7.55. The molecule has 0 radical (unpaired) electrons. The largest absolute Gasteiger partial charge is 0.493 e. The minimum Gasteiger partial charge on any atom is -0.493 e. The molecule has 0 spiro atoms. The van der Waals surface area contributed by atoms with E-state index in [2.05, 4.69) is 0 Å². The zero-order chi connectivity index (χ0) is 10.1. The Kier molecular flexibility index (Phi) is 2.08. The van der Waals surface area contributed by atoms with Gasteiger partial charge in [-0.15, -0.1) is 0 Å². The molecule has 3 heteroatoms. The summed E-state index contributed by atoms with van der Waals surface area (Å²) in [6, 6.07) is 7.46. The number of hydrogen-bond acceptors (Lipinski definition) is 1. The van der Waals surface area contributed by atoms with E-state index in [-0.39, 0.29) is 5.75 Å². The summed E-state index contributed by atoms with van der Waals surface area (Å²) in [7, 11) is 1.36. The van der Waals surface area contributed by atoms with Crippen molar-refractivity contribution in [3.05, 3.63) is 42.0 Å². The molecule has 0 aliphatic rings. The third-order valence-electron chi connectivity index (χ3n) is 2.10. The second kappa shape index (κ2) is 3.25. The van der Waals surface area contributed by atoms with Crippen LogP contribution >= 0.6 is 0 Å². The van der Waals surface area contributed by atoms with Gasteiger partial charge in [-0.25, -0.2) is 8.78 Å². The van der Waals surface area contributed by atoms with Crippen LogP contribution in [0.5, 0.6) is 5.75 Å². The molecule has 0 bridgehead atoms. The maximum atomic E-state index is 13.3. The molecule has 0 aliphatic heterocycles. The summed E-state index contributed by atoms with van der Waals surface area (Å²) in [4.78, 5) is 0. The molecule has 1 nitrogen and oxygen atoms in total. The average molecular weight is 194 g/mol. The van der Waals surface area contributed by atoms with E-state index in [9.17, 15) is 8.78 Å². The van der Waals surface area contributed by atoms with Crippen LogP contribution in [0.4, 0.5) is 8.78 Å². The maximum Gasteiger partial charge on any atom is 0.168 e. The maximum absolute atomic E-state index is 13.3. The minimum absolute atomic E-state index is 0.0852. The molecule has 72 valence electrons. The van der Waals surface area contributed by atoms with Crippen molar-refractivity contribution in [1.29, 1.82) is 0 Å². The fourth-order valence-corrected chi connectivity index (χ4v) is 1.48. The quantitative estimate of drug-likeness (QED) is 0.677. The highest BCUT2D eigenvalue weighted by Crippen LogP contribution is 2.30. The smallest absolute Gasteiger partial charge is 0.168 e. The number of fused-ring (bicyclic) bond motifs is 1. The molecule has 0 fully saturated rings. The van der Waals surface area contributed by atoms with Crippen molar-refractivity contribution in [2.45, 2.75) is 0 Å². The lowest BCUT2D eigenvalue weighted by Gasteiger charge is -2.06. The number of rotatable bonds is 1. The standard InChI is InChI=1S/C11H8F2O/c1-14-11-8-5-3-2-4-7(8)9(12)6-10(11)13/h2-6H,1H3. The predicted molar refractivity (Wildman–Crippen MR) is 50.4 cm³/mol. The predicted octanol–water partition coefficient (Wildman–Crippen LogP) is 3.13. The fraction of sp³-hybridized carbons (Fsp3) is 0.0909. The molecule has 0 unspecified atom stereocenters. The first-order valence-corrected chi connectivity index (χ1v) is 4.15. The third-order valence-corrected chi connectivity index (χ3v) is 2.10. The number of ether oxygens (including phenoxy) is 1. The highest BCUT2D eigenvalue weighted by Gasteiger charge is 2.11. The monoisotopic (exact) mass is 194 g/mol. The lowest BCUT2D eigenvalue weighted by molar-refractivity contribution is 0.390. The number of hydrogen-bond donors (Lipinski definition) is 0. The lowest BCUT2D eigenvalue weighted by Crippen LogP contribution is -1.92. The van der Waals surface area contributed by atoms with Gasteiger partial charge in [-0.3, -0.25) is 0 Å². The average Bonchev–Trinajstić information content (AvgIpc) is 2.18. The molecule has 14 heavy (non-hydrogen) atoms. The highest BCUT2D eigenvalue weighted by atomic mass is 19.1. The van der Waals surface area contributed by atoms with Gasteiger partial charge in [0, 0.05) is 16.8 Å². The van der Waals surface area contributed by atoms with Crippen LogP contribution < -0.4 is 4.74 Å². The Labute approximate surface area is 79.9 Å². The molecule has 0 aromatic heterocycles. The van der Waals surface area contributed by atoms with Gasteiger partial charge in [-0.1, -0.05) is 24.3 Å². The number of halogens is 2. The summed E-state index contributed by atoms with van der Waals surface area (Å²) in [6.45, 7) is 0. The van der Waals surface area contributed by atoms with Crippen LogP contribution in [-0.2, 0) is 0 Å². The molecule has 0 atom stereocenters. The fourth-order valence-electron chi connectivity index (χ4n) is 1.48. The first-order chi connectivity index (χ1) is 6.74. The summed E-state index contributed by atoms with van der Waals surface area (Å²) < 4.78 is 31.4. The molecule has 0 aliphatic carbocycles. The zero-order valence-corrected chi connectivity index (χ0v) is 7.55. The van der Waals surface area contributed by atoms with Crippen molar-refractivity contribution in [3.63, 3.8) is 0 Å². The van der Waals surface area contributed by atoms with Crippen LogP contribution in [0.15, 0.2) is 30.3 Å². The molecule has 0 amide bonds. The first kappa shape index (κ1) is 8.94. The SMILES string of the molecule is COc1c(F)cc(F)c2ccccc12. The summed E-state index contributed by atoms with van der Waals surface area (Å²) in [5.74, 6) is -1.16. The molecule has 0 saturated heterocycles. The number of methoxy groups -OCH3 is 1. The molecule has 2 aromatic rings. The minimum atomic E-state index is -0.677. The Morgan fingerprint density at radius 1 is 1.00 bits per heavy atom. The van der Waals surface area contributed by atoms with Crippen molar-refractivity contribution in [2.24, 2.45) is 0 Å². The van der Waals surface area contributed by atoms with Gasteiger partial charge in [0.15, 0.2) is 11.6 Å². The van der Waals surface area contributed by atoms with Gasteiger partial charge in [0.25, 0.3) is 0 Å². The normalized spacial score (nSPS) is 10.5. The summed E-state index contributed by atoms with van der Waals surface area (Å²) in [5.41, 5.74) is 0. The molecule has 0 saturated carbocycles. The van der Waals surface area contributed by atoms with Crippen LogP contribution in [-0.4, -0.2) is 7.11 Å². The van der Waals surface area contributed by atoms with Crippen molar-refractivity contribution >= 4 is 10.8 Å². The van der Waals surface area contributed by atoms with Gasteiger partial charge >= 0.3 is 0 Å². The van der Waals surface area contributed by atoms with Crippen LogP contribution in [0.25, 0.3) is 10.8 Å². The molecule has 0 heterocycles. The van der Waals surface area contributed by atoms with E-state index in [1.54, 1.807) is 24.3 Å². The Morgan fingerprint density at radius 2 is 1.64 bits per heavy atom. The Balaban J connectivity index is 2.90. The van der Waals surface area contributed by atoms with Crippen molar-refractivity contribution in [3.8, 4) is 5.75 Å². The first-order valence-electron chi connectivity index (χ1n) is 4.15. The third kappa shape index (κ3) is 1.21. The van der Waals surface area contributed by atoms with Crippen LogP contribution in [0.3, 0.4) is 0 Å². The molecular weight excluding hydrogens is 186 g/mol. The van der Waals surface area contributed by atoms with Gasteiger partial charge in [0.05, 0.1) is 7.11 Å². The second-order valence-corrected chi connectivity index (χ2v) is 2.92. The van der Waals surface area contributed by atoms with Crippen molar-refractivity contribution < 1.29 is 13.5 Å². The second-order valence-electron chi connectivity index (χ2n) is 2.92. The van der Waals surface area contributed by atoms with E-state index >= 15 is 0 Å². The van der Waals surface area contributed by atoms with Gasteiger partial charge in [0.2, 0.25) is 0 Å². The van der Waals surface area contributed by atoms with Crippen LogP contribution in [0.2, 0.25) is 0 Å². The highest BCUT2D eigenvalue weighted by molar-refractivity contribution is 5.89. The van der Waals surface area contributed by atoms with Gasteiger partial charge < -0.3 is 4.74 Å². The lowest BCUT2D eigenvalue weighted by atomic mass is 10.1. The molecular formula is C11H8F2O. The topological polar surface area (TPSA) is 9.23 Å². The van der Waals surface area contributed by atoms with Crippen LogP contribution in [0.1, 0.15) is 0 Å². The summed E-state index contributed by atoms with van der Waals surface area (Å²) in [5, 5.41) is 0.818. The van der Waals surface area contributed by atoms with E-state index in [4.69, 9.17) is 4.74 Å². The van der Waals surface area contributed by atoms with Gasteiger partial charge in [0.1, 0.15) is 5.82 Å². The summed E-state index contributed by atoms with van der Waals surface area (Å²) in [6.07, 6.45) is 0. The van der Waals surface area contributed by atoms with Gasteiger partial charge in [-0.2, -0.15) is 0 Å². The molecule has 2 rings (SSSR count). The van der Waals surface area contributed by atoms with E-state index < -0.39 is 11.6 Å². The van der Waals surface area contributed by atoms with Crippen molar-refractivity contribution in [1.82, 2.24) is 0 Å². The van der Waals surface area contributed by atoms with E-state index in [0.29, 0.717) is 10.8 Å². The molecule has 2 aromatic carbocycles. The van der Waals surface area contributed by atoms with E-state index in [0.717, 1.165) is 6.07 Å². The van der Waals surface area contributed by atoms with Crippen molar-refractivity contribution in [2.75, 3.05) is 7.11 Å². The van der Waals surface area contributed by atoms with E-state index in [1.807, 2.05) is 0 Å². The Hall–Kier alpha value is -1.64.